The molecule has 3 heterocycles. The van der Waals surface area contributed by atoms with Gasteiger partial charge < -0.3 is 10.4 Å². The van der Waals surface area contributed by atoms with Gasteiger partial charge in [0.2, 0.25) is 0 Å². The fraction of sp³-hybridized carbons (Fsp3) is 0.462. The molecule has 0 amide bonds. The number of carbonyl (C=O) groups excluding carboxylic acids is 1. The molecule has 0 spiro atoms. The molecule has 0 unspecified atom stereocenters. The summed E-state index contributed by atoms with van der Waals surface area (Å²) in [4.78, 5) is 36.0. The Balaban J connectivity index is 1.77. The highest BCUT2D eigenvalue weighted by Gasteiger charge is 2.26. The van der Waals surface area contributed by atoms with Gasteiger partial charge in [0.15, 0.2) is 11.3 Å². The highest BCUT2D eigenvalue weighted by atomic mass is 16.3. The van der Waals surface area contributed by atoms with Gasteiger partial charge in [0.25, 0.3) is 5.56 Å². The average molecular weight is 289 g/mol. The van der Waals surface area contributed by atoms with E-state index in [0.717, 1.165) is 0 Å². The minimum absolute atomic E-state index is 0.0727. The van der Waals surface area contributed by atoms with Crippen LogP contribution in [0.1, 0.15) is 12.8 Å². The first-order chi connectivity index (χ1) is 10.1. The van der Waals surface area contributed by atoms with Crippen LogP contribution in [0.25, 0.3) is 11.0 Å². The lowest BCUT2D eigenvalue weighted by atomic mass is 10.1. The predicted octanol–water partition coefficient (Wildman–Crippen LogP) is -1.13. The van der Waals surface area contributed by atoms with Gasteiger partial charge in [-0.15, -0.1) is 0 Å². The lowest BCUT2D eigenvalue weighted by Crippen LogP contribution is -2.34. The highest BCUT2D eigenvalue weighted by Crippen LogP contribution is 2.10. The van der Waals surface area contributed by atoms with Crippen molar-refractivity contribution in [1.29, 1.82) is 0 Å². The first-order valence-electron chi connectivity index (χ1n) is 6.73. The molecule has 1 fully saturated rings. The molecule has 1 aliphatic heterocycles. The Labute approximate surface area is 119 Å². The number of Topliss-reactive ketones (excluding diaryl/α,β-unsaturated/α-hetero) is 1. The Morgan fingerprint density at radius 2 is 2.33 bits per heavy atom. The zero-order chi connectivity index (χ0) is 14.8. The summed E-state index contributed by atoms with van der Waals surface area (Å²) in [5.74, 6) is -0.134. The molecule has 0 aliphatic carbocycles. The molecule has 2 atom stereocenters. The molecule has 0 radical (unpaired) electrons. The summed E-state index contributed by atoms with van der Waals surface area (Å²) in [6, 6.07) is -0.232. The van der Waals surface area contributed by atoms with Crippen LogP contribution in [0, 0.1) is 0 Å². The van der Waals surface area contributed by atoms with Gasteiger partial charge in [0.05, 0.1) is 25.2 Å². The van der Waals surface area contributed by atoms with Crippen molar-refractivity contribution in [3.05, 3.63) is 29.2 Å². The van der Waals surface area contributed by atoms with E-state index >= 15 is 0 Å². The Hall–Kier alpha value is -2.19. The largest absolute Gasteiger partial charge is 0.391 e. The molecule has 1 aliphatic rings. The van der Waals surface area contributed by atoms with Crippen LogP contribution in [0.5, 0.6) is 0 Å². The predicted molar refractivity (Wildman–Crippen MR) is 73.6 cm³/mol. The Morgan fingerprint density at radius 3 is 3.10 bits per heavy atom. The number of rotatable bonds is 4. The van der Waals surface area contributed by atoms with Crippen LogP contribution in [0.4, 0.5) is 0 Å². The van der Waals surface area contributed by atoms with Gasteiger partial charge in [-0.1, -0.05) is 0 Å². The Kier molecular flexibility index (Phi) is 3.72. The van der Waals surface area contributed by atoms with Crippen LogP contribution in [-0.4, -0.2) is 49.1 Å². The standard InChI is InChI=1S/C13H15N5O3/c19-8(3-9-11(20)1-2-15-9)5-18-7-17-10-4-14-6-16-12(10)13(18)21/h4,6-7,9,11,15,20H,1-3,5H2/t9-,11+/m1/s1. The van der Waals surface area contributed by atoms with Gasteiger partial charge in [0, 0.05) is 12.5 Å². The van der Waals surface area contributed by atoms with Gasteiger partial charge in [-0.25, -0.2) is 15.0 Å². The van der Waals surface area contributed by atoms with Crippen LogP contribution < -0.4 is 10.9 Å². The summed E-state index contributed by atoms with van der Waals surface area (Å²) in [5, 5.41) is 12.8. The number of fused-ring (bicyclic) bond motifs is 1. The molecule has 2 N–H and O–H groups in total. The quantitative estimate of drug-likeness (QED) is 0.732. The van der Waals surface area contributed by atoms with E-state index in [1.807, 2.05) is 0 Å². The SMILES string of the molecule is O=C(C[C@H]1NCC[C@@H]1O)Cn1cnc2cncnc2c1=O. The Bertz CT molecular complexity index is 729. The summed E-state index contributed by atoms with van der Waals surface area (Å²) in [7, 11) is 0. The Morgan fingerprint density at radius 1 is 1.48 bits per heavy atom. The second kappa shape index (κ2) is 5.66. The monoisotopic (exact) mass is 289 g/mol. The highest BCUT2D eigenvalue weighted by molar-refractivity contribution is 5.79. The maximum Gasteiger partial charge on any atom is 0.280 e. The van der Waals surface area contributed by atoms with E-state index in [0.29, 0.717) is 18.5 Å². The van der Waals surface area contributed by atoms with Crippen molar-refractivity contribution < 1.29 is 9.90 Å². The third-order valence-electron chi connectivity index (χ3n) is 3.60. The fourth-order valence-electron chi connectivity index (χ4n) is 2.48. The number of nitrogens with zero attached hydrogens (tertiary/aromatic N) is 4. The zero-order valence-electron chi connectivity index (χ0n) is 11.3. The molecule has 1 saturated heterocycles. The van der Waals surface area contributed by atoms with Crippen molar-refractivity contribution in [2.24, 2.45) is 0 Å². The molecular weight excluding hydrogens is 274 g/mol. The first-order valence-corrected chi connectivity index (χ1v) is 6.73. The van der Waals surface area contributed by atoms with Gasteiger partial charge in [-0.3, -0.25) is 14.2 Å². The number of hydrogen-bond acceptors (Lipinski definition) is 7. The molecule has 2 aromatic heterocycles. The summed E-state index contributed by atoms with van der Waals surface area (Å²) in [6.45, 7) is 0.629. The van der Waals surface area contributed by atoms with Crippen LogP contribution >= 0.6 is 0 Å². The third kappa shape index (κ3) is 2.81. The van der Waals surface area contributed by atoms with E-state index in [1.165, 1.54) is 23.4 Å². The van der Waals surface area contributed by atoms with E-state index in [4.69, 9.17) is 0 Å². The average Bonchev–Trinajstić information content (AvgIpc) is 2.87. The van der Waals surface area contributed by atoms with Crippen molar-refractivity contribution in [2.45, 2.75) is 31.5 Å². The molecule has 0 saturated carbocycles. The summed E-state index contributed by atoms with van der Waals surface area (Å²) in [5.41, 5.74) is 0.231. The molecule has 21 heavy (non-hydrogen) atoms. The maximum absolute atomic E-state index is 12.2. The molecule has 2 aromatic rings. The molecule has 3 rings (SSSR count). The minimum Gasteiger partial charge on any atom is -0.391 e. The molecule has 0 bridgehead atoms. The normalized spacial score (nSPS) is 21.8. The van der Waals surface area contributed by atoms with Crippen molar-refractivity contribution in [2.75, 3.05) is 6.54 Å². The van der Waals surface area contributed by atoms with Gasteiger partial charge >= 0.3 is 0 Å². The molecule has 0 aromatic carbocycles. The first kappa shape index (κ1) is 13.8. The van der Waals surface area contributed by atoms with Gasteiger partial charge in [-0.2, -0.15) is 0 Å². The van der Waals surface area contributed by atoms with Crippen LogP contribution in [0.3, 0.4) is 0 Å². The number of aliphatic hydroxyl groups is 1. The van der Waals surface area contributed by atoms with E-state index in [-0.39, 0.29) is 35.9 Å². The van der Waals surface area contributed by atoms with Gasteiger partial charge in [-0.05, 0) is 13.0 Å². The van der Waals surface area contributed by atoms with Crippen molar-refractivity contribution in [3.63, 3.8) is 0 Å². The van der Waals surface area contributed by atoms with E-state index in [9.17, 15) is 14.7 Å². The zero-order valence-corrected chi connectivity index (χ0v) is 11.3. The van der Waals surface area contributed by atoms with Crippen LogP contribution in [-0.2, 0) is 11.3 Å². The summed E-state index contributed by atoms with van der Waals surface area (Å²) in [6.07, 6.45) is 4.38. The fourth-order valence-corrected chi connectivity index (χ4v) is 2.48. The van der Waals surface area contributed by atoms with Gasteiger partial charge in [0.1, 0.15) is 11.8 Å². The number of hydrogen-bond donors (Lipinski definition) is 2. The van der Waals surface area contributed by atoms with Crippen molar-refractivity contribution >= 4 is 16.8 Å². The van der Waals surface area contributed by atoms with Crippen LogP contribution in [0.15, 0.2) is 23.6 Å². The molecule has 110 valence electrons. The lowest BCUT2D eigenvalue weighted by molar-refractivity contribution is -0.120. The second-order valence-corrected chi connectivity index (χ2v) is 5.09. The maximum atomic E-state index is 12.2. The second-order valence-electron chi connectivity index (χ2n) is 5.09. The number of aliphatic hydroxyl groups excluding tert-OH is 1. The summed E-state index contributed by atoms with van der Waals surface area (Å²) < 4.78 is 1.24. The minimum atomic E-state index is -0.506. The van der Waals surface area contributed by atoms with Crippen molar-refractivity contribution in [3.8, 4) is 0 Å². The number of aromatic nitrogens is 4. The smallest absolute Gasteiger partial charge is 0.280 e. The molecule has 8 nitrogen and oxygen atoms in total. The number of ketones is 1. The molecule has 8 heteroatoms. The van der Waals surface area contributed by atoms with E-state index in [2.05, 4.69) is 20.3 Å². The molecular formula is C13H15N5O3. The third-order valence-corrected chi connectivity index (χ3v) is 3.60. The topological polar surface area (TPSA) is 110 Å². The van der Waals surface area contributed by atoms with E-state index in [1.54, 1.807) is 0 Å². The van der Waals surface area contributed by atoms with E-state index < -0.39 is 6.10 Å². The van der Waals surface area contributed by atoms with Crippen molar-refractivity contribution in [1.82, 2.24) is 24.8 Å². The summed E-state index contributed by atoms with van der Waals surface area (Å²) >= 11 is 0. The number of nitrogens with one attached hydrogen (secondary N) is 1. The van der Waals surface area contributed by atoms with Crippen LogP contribution in [0.2, 0.25) is 0 Å². The lowest BCUT2D eigenvalue weighted by Gasteiger charge is -2.14. The number of carbonyl (C=O) groups is 1.